The lowest BCUT2D eigenvalue weighted by Crippen LogP contribution is -2.33. The minimum atomic E-state index is -0.219. The van der Waals surface area contributed by atoms with E-state index in [0.29, 0.717) is 17.1 Å². The van der Waals surface area contributed by atoms with E-state index in [1.807, 2.05) is 72.8 Å². The van der Waals surface area contributed by atoms with Gasteiger partial charge < -0.3 is 11.1 Å². The van der Waals surface area contributed by atoms with Gasteiger partial charge in [0.15, 0.2) is 0 Å². The van der Waals surface area contributed by atoms with Gasteiger partial charge in [0.05, 0.1) is 6.04 Å². The Morgan fingerprint density at radius 1 is 0.920 bits per heavy atom. The van der Waals surface area contributed by atoms with E-state index in [-0.39, 0.29) is 11.9 Å². The number of nitrogens with one attached hydrogen (secondary N) is 1. The molecule has 3 aromatic carbocycles. The van der Waals surface area contributed by atoms with Gasteiger partial charge in [-0.3, -0.25) is 4.79 Å². The first-order valence-electron chi connectivity index (χ1n) is 8.09. The van der Waals surface area contributed by atoms with Gasteiger partial charge in [-0.15, -0.1) is 0 Å². The number of hydrogen-bond acceptors (Lipinski definition) is 2. The molecule has 0 bridgehead atoms. The zero-order valence-electron chi connectivity index (χ0n) is 13.7. The van der Waals surface area contributed by atoms with Crippen molar-refractivity contribution in [1.29, 1.82) is 0 Å². The van der Waals surface area contributed by atoms with Crippen LogP contribution in [0.25, 0.3) is 11.1 Å². The Hall–Kier alpha value is -2.62. The van der Waals surface area contributed by atoms with Crippen LogP contribution in [0.15, 0.2) is 78.9 Å². The summed E-state index contributed by atoms with van der Waals surface area (Å²) in [5.74, 6) is -0.150. The summed E-state index contributed by atoms with van der Waals surface area (Å²) in [6.07, 6.45) is 0. The van der Waals surface area contributed by atoms with Crippen molar-refractivity contribution in [3.05, 3.63) is 95.0 Å². The smallest absolute Gasteiger partial charge is 0.251 e. The lowest BCUT2D eigenvalue weighted by atomic mass is 10.0. The minimum absolute atomic E-state index is 0.150. The van der Waals surface area contributed by atoms with Crippen molar-refractivity contribution in [2.45, 2.75) is 6.04 Å². The molecule has 126 valence electrons. The SMILES string of the molecule is NC[C@H](NC(=O)c1cccc(-c2cccc(Cl)c2)c1)c1ccccc1. The molecule has 0 aliphatic heterocycles. The first-order chi connectivity index (χ1) is 12.2. The fourth-order valence-electron chi connectivity index (χ4n) is 2.71. The normalized spacial score (nSPS) is 11.8. The quantitative estimate of drug-likeness (QED) is 0.714. The van der Waals surface area contributed by atoms with Gasteiger partial charge in [0.2, 0.25) is 0 Å². The molecule has 1 amide bonds. The summed E-state index contributed by atoms with van der Waals surface area (Å²) in [5, 5.41) is 3.67. The third-order valence-electron chi connectivity index (χ3n) is 4.03. The van der Waals surface area contributed by atoms with Gasteiger partial charge in [-0.25, -0.2) is 0 Å². The zero-order valence-corrected chi connectivity index (χ0v) is 14.4. The maximum absolute atomic E-state index is 12.6. The Balaban J connectivity index is 1.82. The molecule has 0 aromatic heterocycles. The second-order valence-electron chi connectivity index (χ2n) is 5.76. The number of halogens is 1. The van der Waals surface area contributed by atoms with Crippen LogP contribution >= 0.6 is 11.6 Å². The van der Waals surface area contributed by atoms with Crippen molar-refractivity contribution >= 4 is 17.5 Å². The van der Waals surface area contributed by atoms with Crippen molar-refractivity contribution in [2.75, 3.05) is 6.54 Å². The predicted molar refractivity (Wildman–Crippen MR) is 103 cm³/mol. The van der Waals surface area contributed by atoms with Crippen LogP contribution in [0.1, 0.15) is 22.0 Å². The third-order valence-corrected chi connectivity index (χ3v) is 4.26. The molecule has 0 saturated carbocycles. The molecule has 0 radical (unpaired) electrons. The Bertz CT molecular complexity index is 865. The van der Waals surface area contributed by atoms with Gasteiger partial charge in [0, 0.05) is 17.1 Å². The van der Waals surface area contributed by atoms with Crippen LogP contribution in [-0.2, 0) is 0 Å². The summed E-state index contributed by atoms with van der Waals surface area (Å²) >= 11 is 6.06. The fraction of sp³-hybridized carbons (Fsp3) is 0.0952. The number of nitrogens with two attached hydrogens (primary N) is 1. The number of hydrogen-bond donors (Lipinski definition) is 2. The predicted octanol–water partition coefficient (Wildman–Crippen LogP) is 4.44. The van der Waals surface area contributed by atoms with Crippen LogP contribution in [0.4, 0.5) is 0 Å². The van der Waals surface area contributed by atoms with Gasteiger partial charge in [-0.2, -0.15) is 0 Å². The zero-order chi connectivity index (χ0) is 17.6. The van der Waals surface area contributed by atoms with Crippen LogP contribution in [0.5, 0.6) is 0 Å². The van der Waals surface area contributed by atoms with Crippen LogP contribution < -0.4 is 11.1 Å². The summed E-state index contributed by atoms with van der Waals surface area (Å²) in [5.41, 5.74) is 9.34. The molecule has 0 aliphatic rings. The van der Waals surface area contributed by atoms with Crippen LogP contribution in [0.2, 0.25) is 5.02 Å². The first-order valence-corrected chi connectivity index (χ1v) is 8.47. The van der Waals surface area contributed by atoms with Gasteiger partial charge in [-0.05, 0) is 41.0 Å². The molecule has 25 heavy (non-hydrogen) atoms. The topological polar surface area (TPSA) is 55.1 Å². The summed E-state index contributed by atoms with van der Waals surface area (Å²) in [4.78, 5) is 12.6. The summed E-state index contributed by atoms with van der Waals surface area (Å²) in [7, 11) is 0. The van der Waals surface area contributed by atoms with Gasteiger partial charge in [0.1, 0.15) is 0 Å². The molecule has 3 rings (SSSR count). The lowest BCUT2D eigenvalue weighted by molar-refractivity contribution is 0.0938. The van der Waals surface area contributed by atoms with Gasteiger partial charge in [-0.1, -0.05) is 66.2 Å². The number of carbonyl (C=O) groups is 1. The highest BCUT2D eigenvalue weighted by Crippen LogP contribution is 2.24. The van der Waals surface area contributed by atoms with Crippen molar-refractivity contribution in [2.24, 2.45) is 5.73 Å². The summed E-state index contributed by atoms with van der Waals surface area (Å²) in [6.45, 7) is 0.337. The number of rotatable bonds is 5. The maximum Gasteiger partial charge on any atom is 0.251 e. The Morgan fingerprint density at radius 3 is 2.28 bits per heavy atom. The highest BCUT2D eigenvalue weighted by atomic mass is 35.5. The maximum atomic E-state index is 12.6. The van der Waals surface area contributed by atoms with E-state index < -0.39 is 0 Å². The third kappa shape index (κ3) is 4.27. The lowest BCUT2D eigenvalue weighted by Gasteiger charge is -2.17. The number of amides is 1. The molecular formula is C21H19ClN2O. The fourth-order valence-corrected chi connectivity index (χ4v) is 2.90. The van der Waals surface area contributed by atoms with Crippen LogP contribution in [0, 0.1) is 0 Å². The van der Waals surface area contributed by atoms with E-state index in [9.17, 15) is 4.79 Å². The van der Waals surface area contributed by atoms with Crippen molar-refractivity contribution in [3.63, 3.8) is 0 Å². The molecule has 0 saturated heterocycles. The molecular weight excluding hydrogens is 332 g/mol. The van der Waals surface area contributed by atoms with E-state index in [0.717, 1.165) is 16.7 Å². The van der Waals surface area contributed by atoms with E-state index in [2.05, 4.69) is 5.32 Å². The van der Waals surface area contributed by atoms with Crippen molar-refractivity contribution in [3.8, 4) is 11.1 Å². The second-order valence-corrected chi connectivity index (χ2v) is 6.20. The van der Waals surface area contributed by atoms with Crippen molar-refractivity contribution in [1.82, 2.24) is 5.32 Å². The van der Waals surface area contributed by atoms with Crippen LogP contribution in [0.3, 0.4) is 0 Å². The molecule has 0 aliphatic carbocycles. The molecule has 1 atom stereocenters. The average Bonchev–Trinajstić information content (AvgIpc) is 2.66. The summed E-state index contributed by atoms with van der Waals surface area (Å²) in [6, 6.07) is 24.6. The van der Waals surface area contributed by atoms with Gasteiger partial charge in [0.25, 0.3) is 5.91 Å². The Kier molecular flexibility index (Phi) is 5.49. The molecule has 3 aromatic rings. The highest BCUT2D eigenvalue weighted by molar-refractivity contribution is 6.30. The van der Waals surface area contributed by atoms with Crippen molar-refractivity contribution < 1.29 is 4.79 Å². The molecule has 0 spiro atoms. The van der Waals surface area contributed by atoms with Crippen LogP contribution in [-0.4, -0.2) is 12.5 Å². The second kappa shape index (κ2) is 7.97. The Morgan fingerprint density at radius 2 is 1.60 bits per heavy atom. The molecule has 3 N–H and O–H groups in total. The molecule has 3 nitrogen and oxygen atoms in total. The van der Waals surface area contributed by atoms with E-state index in [1.165, 1.54) is 0 Å². The van der Waals surface area contributed by atoms with E-state index >= 15 is 0 Å². The largest absolute Gasteiger partial charge is 0.344 e. The Labute approximate surface area is 152 Å². The molecule has 4 heteroatoms. The number of benzene rings is 3. The molecule has 0 heterocycles. The van der Waals surface area contributed by atoms with E-state index in [4.69, 9.17) is 17.3 Å². The summed E-state index contributed by atoms with van der Waals surface area (Å²) < 4.78 is 0. The van der Waals surface area contributed by atoms with Gasteiger partial charge >= 0.3 is 0 Å². The standard InChI is InChI=1S/C21H19ClN2O/c22-19-11-5-9-17(13-19)16-8-4-10-18(12-16)21(25)24-20(14-23)15-6-2-1-3-7-15/h1-13,20H,14,23H2,(H,24,25)/t20-/m0/s1. The monoisotopic (exact) mass is 350 g/mol. The molecule has 0 unspecified atom stereocenters. The minimum Gasteiger partial charge on any atom is -0.344 e. The average molecular weight is 351 g/mol. The molecule has 0 fully saturated rings. The number of carbonyl (C=O) groups excluding carboxylic acids is 1. The highest BCUT2D eigenvalue weighted by Gasteiger charge is 2.14. The van der Waals surface area contributed by atoms with E-state index in [1.54, 1.807) is 6.07 Å². The first kappa shape index (κ1) is 17.2.